The van der Waals surface area contributed by atoms with Crippen molar-refractivity contribution in [2.24, 2.45) is 0 Å². The summed E-state index contributed by atoms with van der Waals surface area (Å²) in [7, 11) is 0. The normalized spacial score (nSPS) is 11.0. The maximum absolute atomic E-state index is 13.5. The summed E-state index contributed by atoms with van der Waals surface area (Å²) in [6.45, 7) is 0.334. The molecule has 0 radical (unpaired) electrons. The molecule has 130 valence electrons. The van der Waals surface area contributed by atoms with E-state index in [1.807, 2.05) is 30.3 Å². The predicted octanol–water partition coefficient (Wildman–Crippen LogP) is 5.64. The van der Waals surface area contributed by atoms with E-state index in [9.17, 15) is 9.18 Å². The van der Waals surface area contributed by atoms with E-state index in [1.54, 1.807) is 23.1 Å². The van der Waals surface area contributed by atoms with Gasteiger partial charge in [-0.1, -0.05) is 41.7 Å². The monoisotopic (exact) mass is 430 g/mol. The topological polar surface area (TPSA) is 46.3 Å². The van der Waals surface area contributed by atoms with Crippen LogP contribution in [0.1, 0.15) is 16.1 Å². The van der Waals surface area contributed by atoms with Crippen LogP contribution in [-0.4, -0.2) is 10.9 Å². The van der Waals surface area contributed by atoms with Crippen molar-refractivity contribution in [1.82, 2.24) is 4.98 Å². The Morgan fingerprint density at radius 3 is 2.69 bits per heavy atom. The van der Waals surface area contributed by atoms with Crippen LogP contribution in [0, 0.1) is 5.82 Å². The number of thiazole rings is 1. The van der Waals surface area contributed by atoms with E-state index in [-0.39, 0.29) is 17.5 Å². The molecule has 7 heteroatoms. The molecule has 0 atom stereocenters. The van der Waals surface area contributed by atoms with Gasteiger partial charge in [-0.3, -0.25) is 9.69 Å². The lowest BCUT2D eigenvalue weighted by atomic mass is 10.2. The molecule has 4 aromatic rings. The summed E-state index contributed by atoms with van der Waals surface area (Å²) in [6.07, 6.45) is 0. The number of furan rings is 1. The van der Waals surface area contributed by atoms with Gasteiger partial charge in [0.15, 0.2) is 15.6 Å². The Labute approximate surface area is 161 Å². The predicted molar refractivity (Wildman–Crippen MR) is 103 cm³/mol. The molecular weight excluding hydrogens is 419 g/mol. The minimum atomic E-state index is -0.330. The largest absolute Gasteiger partial charge is 0.444 e. The molecule has 0 spiro atoms. The van der Waals surface area contributed by atoms with Crippen LogP contribution >= 0.6 is 27.3 Å². The number of carbonyl (C=O) groups is 1. The second-order valence-electron chi connectivity index (χ2n) is 5.59. The zero-order chi connectivity index (χ0) is 18.1. The number of nitrogens with zero attached hydrogens (tertiary/aromatic N) is 2. The fraction of sp³-hybridized carbons (Fsp3) is 0.0526. The first kappa shape index (κ1) is 16.9. The third-order valence-electron chi connectivity index (χ3n) is 3.78. The lowest BCUT2D eigenvalue weighted by Crippen LogP contribution is -2.30. The van der Waals surface area contributed by atoms with Crippen molar-refractivity contribution in [2.75, 3.05) is 4.90 Å². The molecule has 2 heterocycles. The SMILES string of the molecule is O=C(c1ccc(Br)o1)N(Cc1ccccc1)c1nc2ccc(F)cc2s1. The second kappa shape index (κ2) is 7.01. The van der Waals surface area contributed by atoms with Gasteiger partial charge in [-0.15, -0.1) is 0 Å². The zero-order valence-electron chi connectivity index (χ0n) is 13.4. The number of aromatic nitrogens is 1. The molecule has 4 rings (SSSR count). The number of rotatable bonds is 4. The lowest BCUT2D eigenvalue weighted by molar-refractivity contribution is 0.0957. The van der Waals surface area contributed by atoms with Gasteiger partial charge in [-0.25, -0.2) is 9.37 Å². The van der Waals surface area contributed by atoms with Crippen molar-refractivity contribution in [3.8, 4) is 0 Å². The number of carbonyl (C=O) groups excluding carboxylic acids is 1. The fourth-order valence-electron chi connectivity index (χ4n) is 2.56. The molecule has 1 amide bonds. The highest BCUT2D eigenvalue weighted by atomic mass is 79.9. The summed E-state index contributed by atoms with van der Waals surface area (Å²) in [5, 5.41) is 0.493. The van der Waals surface area contributed by atoms with Gasteiger partial charge in [0.2, 0.25) is 0 Å². The van der Waals surface area contributed by atoms with Gasteiger partial charge < -0.3 is 4.42 Å². The fourth-order valence-corrected chi connectivity index (χ4v) is 3.85. The summed E-state index contributed by atoms with van der Waals surface area (Å²) >= 11 is 4.49. The maximum atomic E-state index is 13.5. The Morgan fingerprint density at radius 1 is 1.15 bits per heavy atom. The first-order chi connectivity index (χ1) is 12.6. The Kier molecular flexibility index (Phi) is 4.57. The van der Waals surface area contributed by atoms with Crippen LogP contribution in [0.25, 0.3) is 10.2 Å². The molecule has 0 saturated carbocycles. The molecule has 0 unspecified atom stereocenters. The molecule has 0 aliphatic carbocycles. The summed E-state index contributed by atoms with van der Waals surface area (Å²) in [4.78, 5) is 19.1. The first-order valence-electron chi connectivity index (χ1n) is 7.77. The smallest absolute Gasteiger partial charge is 0.296 e. The summed E-state index contributed by atoms with van der Waals surface area (Å²) in [5.74, 6) is -0.430. The van der Waals surface area contributed by atoms with Crippen molar-refractivity contribution < 1.29 is 13.6 Å². The highest BCUT2D eigenvalue weighted by Crippen LogP contribution is 2.31. The van der Waals surface area contributed by atoms with Crippen molar-refractivity contribution in [3.63, 3.8) is 0 Å². The minimum Gasteiger partial charge on any atom is -0.444 e. The lowest BCUT2D eigenvalue weighted by Gasteiger charge is -2.18. The Morgan fingerprint density at radius 2 is 1.96 bits per heavy atom. The average molecular weight is 431 g/mol. The van der Waals surface area contributed by atoms with Gasteiger partial charge in [0.1, 0.15) is 5.82 Å². The van der Waals surface area contributed by atoms with Crippen LogP contribution in [0.3, 0.4) is 0 Å². The molecule has 0 bridgehead atoms. The van der Waals surface area contributed by atoms with Crippen molar-refractivity contribution in [3.05, 3.63) is 82.5 Å². The molecular formula is C19H12BrFN2O2S. The molecule has 2 aromatic carbocycles. The van der Waals surface area contributed by atoms with Gasteiger partial charge in [0.05, 0.1) is 16.8 Å². The second-order valence-corrected chi connectivity index (χ2v) is 7.38. The molecule has 0 fully saturated rings. The maximum Gasteiger partial charge on any atom is 0.296 e. The van der Waals surface area contributed by atoms with E-state index in [1.165, 1.54) is 23.5 Å². The molecule has 0 aliphatic heterocycles. The summed E-state index contributed by atoms with van der Waals surface area (Å²) in [5.41, 5.74) is 1.61. The third kappa shape index (κ3) is 3.40. The van der Waals surface area contributed by atoms with Gasteiger partial charge in [0, 0.05) is 0 Å². The third-order valence-corrected chi connectivity index (χ3v) is 5.25. The highest BCUT2D eigenvalue weighted by Gasteiger charge is 2.24. The molecule has 26 heavy (non-hydrogen) atoms. The van der Waals surface area contributed by atoms with Crippen LogP contribution in [0.15, 0.2) is 69.8 Å². The Hall–Kier alpha value is -2.51. The van der Waals surface area contributed by atoms with Crippen LogP contribution in [0.5, 0.6) is 0 Å². The number of hydrogen-bond acceptors (Lipinski definition) is 4. The van der Waals surface area contributed by atoms with E-state index >= 15 is 0 Å². The van der Waals surface area contributed by atoms with E-state index in [0.717, 1.165) is 5.56 Å². The summed E-state index contributed by atoms with van der Waals surface area (Å²) < 4.78 is 20.1. The van der Waals surface area contributed by atoms with Crippen molar-refractivity contribution in [1.29, 1.82) is 0 Å². The Bertz CT molecular complexity index is 1080. The van der Waals surface area contributed by atoms with Gasteiger partial charge in [-0.2, -0.15) is 0 Å². The minimum absolute atomic E-state index is 0.207. The van der Waals surface area contributed by atoms with E-state index in [4.69, 9.17) is 4.42 Å². The number of anilines is 1. The number of benzene rings is 2. The standard InChI is InChI=1S/C19H12BrFN2O2S/c20-17-9-8-15(25-17)18(24)23(11-12-4-2-1-3-5-12)19-22-14-7-6-13(21)10-16(14)26-19/h1-10H,11H2. The van der Waals surface area contributed by atoms with Crippen molar-refractivity contribution >= 4 is 48.5 Å². The van der Waals surface area contributed by atoms with Gasteiger partial charge >= 0.3 is 0 Å². The number of amides is 1. The van der Waals surface area contributed by atoms with Crippen LogP contribution < -0.4 is 4.90 Å². The van der Waals surface area contributed by atoms with Gasteiger partial charge in [0.25, 0.3) is 5.91 Å². The van der Waals surface area contributed by atoms with Gasteiger partial charge in [-0.05, 0) is 51.8 Å². The van der Waals surface area contributed by atoms with E-state index < -0.39 is 0 Å². The molecule has 0 saturated heterocycles. The molecule has 0 aliphatic rings. The quantitative estimate of drug-likeness (QED) is 0.420. The van der Waals surface area contributed by atoms with Crippen LogP contribution in [0.2, 0.25) is 0 Å². The highest BCUT2D eigenvalue weighted by molar-refractivity contribution is 9.10. The van der Waals surface area contributed by atoms with E-state index in [0.29, 0.717) is 26.6 Å². The number of fused-ring (bicyclic) bond motifs is 1. The zero-order valence-corrected chi connectivity index (χ0v) is 15.8. The van der Waals surface area contributed by atoms with Crippen LogP contribution in [-0.2, 0) is 6.54 Å². The average Bonchev–Trinajstić information content (AvgIpc) is 3.25. The van der Waals surface area contributed by atoms with Crippen molar-refractivity contribution in [2.45, 2.75) is 6.54 Å². The Balaban J connectivity index is 1.76. The molecule has 0 N–H and O–H groups in total. The number of hydrogen-bond donors (Lipinski definition) is 0. The molecule has 4 nitrogen and oxygen atoms in total. The van der Waals surface area contributed by atoms with Crippen LogP contribution in [0.4, 0.5) is 9.52 Å². The van der Waals surface area contributed by atoms with E-state index in [2.05, 4.69) is 20.9 Å². The molecule has 2 aromatic heterocycles. The number of halogens is 2. The summed E-state index contributed by atoms with van der Waals surface area (Å²) in [6, 6.07) is 17.3. The first-order valence-corrected chi connectivity index (χ1v) is 9.38.